The molecule has 0 amide bonds. The molecule has 0 spiro atoms. The van der Waals surface area contributed by atoms with Crippen molar-refractivity contribution < 1.29 is 9.84 Å². The fraction of sp³-hybridized carbons (Fsp3) is 0.667. The van der Waals surface area contributed by atoms with E-state index in [2.05, 4.69) is 43.4 Å². The molecule has 1 saturated carbocycles. The van der Waals surface area contributed by atoms with Gasteiger partial charge >= 0.3 is 0 Å². The van der Waals surface area contributed by atoms with Crippen LogP contribution in [0.1, 0.15) is 51.5 Å². The van der Waals surface area contributed by atoms with Gasteiger partial charge in [-0.05, 0) is 50.3 Å². The third-order valence-electron chi connectivity index (χ3n) is 4.14. The number of aliphatic hydroxyl groups excluding tert-OH is 1. The summed E-state index contributed by atoms with van der Waals surface area (Å²) in [6.07, 6.45) is 6.89. The number of rotatable bonds is 10. The molecule has 1 aromatic rings. The van der Waals surface area contributed by atoms with Gasteiger partial charge in [0.2, 0.25) is 0 Å². The lowest BCUT2D eigenvalue weighted by molar-refractivity contribution is 0.142. The van der Waals surface area contributed by atoms with Crippen LogP contribution < -0.4 is 10.1 Å². The maximum Gasteiger partial charge on any atom is 0.119 e. The molecule has 2 rings (SSSR count). The lowest BCUT2D eigenvalue weighted by Gasteiger charge is -2.29. The number of aryl methyl sites for hydroxylation is 1. The van der Waals surface area contributed by atoms with Gasteiger partial charge in [-0.15, -0.1) is 0 Å². The molecule has 0 saturated heterocycles. The van der Waals surface area contributed by atoms with Gasteiger partial charge in [0.05, 0.1) is 13.2 Å². The van der Waals surface area contributed by atoms with Crippen LogP contribution in [0, 0.1) is 0 Å². The lowest BCUT2D eigenvalue weighted by Crippen LogP contribution is -2.48. The molecule has 3 heteroatoms. The molecular weight excluding hydrogens is 262 g/mol. The van der Waals surface area contributed by atoms with Crippen LogP contribution in [0.4, 0.5) is 0 Å². The second-order valence-corrected chi connectivity index (χ2v) is 6.48. The van der Waals surface area contributed by atoms with Crippen molar-refractivity contribution in [1.82, 2.24) is 5.32 Å². The van der Waals surface area contributed by atoms with Crippen molar-refractivity contribution in [2.75, 3.05) is 13.2 Å². The summed E-state index contributed by atoms with van der Waals surface area (Å²) in [6.45, 7) is 5.07. The summed E-state index contributed by atoms with van der Waals surface area (Å²) in [7, 11) is 0. The zero-order valence-corrected chi connectivity index (χ0v) is 13.4. The Hall–Kier alpha value is -1.06. The number of nitrogens with one attached hydrogen (secondary N) is 1. The molecule has 0 aromatic heterocycles. The fourth-order valence-electron chi connectivity index (χ4n) is 2.44. The molecule has 0 aliphatic heterocycles. The topological polar surface area (TPSA) is 41.5 Å². The van der Waals surface area contributed by atoms with Gasteiger partial charge in [-0.2, -0.15) is 0 Å². The van der Waals surface area contributed by atoms with Gasteiger partial charge in [0.1, 0.15) is 5.75 Å². The van der Waals surface area contributed by atoms with E-state index in [1.54, 1.807) is 0 Å². The SMILES string of the molecule is CCCCc1ccc(OCCC(C)(CO)NC2CC2)cc1. The zero-order valence-electron chi connectivity index (χ0n) is 13.4. The van der Waals surface area contributed by atoms with Crippen LogP contribution >= 0.6 is 0 Å². The Morgan fingerprint density at radius 1 is 1.29 bits per heavy atom. The molecule has 0 heterocycles. The Bertz CT molecular complexity index is 414. The van der Waals surface area contributed by atoms with Crippen LogP contribution in [0.15, 0.2) is 24.3 Å². The van der Waals surface area contributed by atoms with Crippen molar-refractivity contribution in [3.8, 4) is 5.75 Å². The number of benzene rings is 1. The van der Waals surface area contributed by atoms with Gasteiger partial charge in [0.25, 0.3) is 0 Å². The fourth-order valence-corrected chi connectivity index (χ4v) is 2.44. The zero-order chi connectivity index (χ0) is 15.1. The number of unbranched alkanes of at least 4 members (excludes halogenated alkanes) is 1. The van der Waals surface area contributed by atoms with Gasteiger partial charge < -0.3 is 15.2 Å². The lowest BCUT2D eigenvalue weighted by atomic mass is 9.99. The highest BCUT2D eigenvalue weighted by atomic mass is 16.5. The van der Waals surface area contributed by atoms with E-state index in [9.17, 15) is 5.11 Å². The summed E-state index contributed by atoms with van der Waals surface area (Å²) in [4.78, 5) is 0. The van der Waals surface area contributed by atoms with E-state index in [1.807, 2.05) is 0 Å². The minimum atomic E-state index is -0.220. The summed E-state index contributed by atoms with van der Waals surface area (Å²) in [6, 6.07) is 9.00. The Labute approximate surface area is 128 Å². The first-order chi connectivity index (χ1) is 10.1. The van der Waals surface area contributed by atoms with Crippen molar-refractivity contribution in [2.45, 2.75) is 64.0 Å². The predicted molar refractivity (Wildman–Crippen MR) is 86.8 cm³/mol. The number of aliphatic hydroxyl groups is 1. The van der Waals surface area contributed by atoms with Crippen molar-refractivity contribution >= 4 is 0 Å². The first-order valence-corrected chi connectivity index (χ1v) is 8.25. The molecule has 1 aliphatic rings. The predicted octanol–water partition coefficient (Wildman–Crippen LogP) is 3.30. The standard InChI is InChI=1S/C18H29NO2/c1-3-4-5-15-6-10-17(11-7-15)21-13-12-18(2,14-20)19-16-8-9-16/h6-7,10-11,16,19-20H,3-5,8-9,12-14H2,1-2H3. The third kappa shape index (κ3) is 5.68. The van der Waals surface area contributed by atoms with Crippen LogP contribution in [0.3, 0.4) is 0 Å². The maximum absolute atomic E-state index is 9.56. The molecule has 0 bridgehead atoms. The molecule has 21 heavy (non-hydrogen) atoms. The van der Waals surface area contributed by atoms with Gasteiger partial charge in [-0.25, -0.2) is 0 Å². The summed E-state index contributed by atoms with van der Waals surface area (Å²) < 4.78 is 5.81. The Morgan fingerprint density at radius 2 is 2.00 bits per heavy atom. The van der Waals surface area contributed by atoms with Crippen molar-refractivity contribution in [2.24, 2.45) is 0 Å². The Kier molecular flexibility index (Phi) is 6.07. The highest BCUT2D eigenvalue weighted by Gasteiger charge is 2.31. The van der Waals surface area contributed by atoms with Crippen LogP contribution in [0.5, 0.6) is 5.75 Å². The van der Waals surface area contributed by atoms with E-state index in [1.165, 1.54) is 31.2 Å². The second kappa shape index (κ2) is 7.81. The van der Waals surface area contributed by atoms with Crippen LogP contribution in [-0.4, -0.2) is 29.9 Å². The van der Waals surface area contributed by atoms with Gasteiger partial charge in [-0.1, -0.05) is 25.5 Å². The number of hydrogen-bond acceptors (Lipinski definition) is 3. The van der Waals surface area contributed by atoms with Crippen LogP contribution in [0.2, 0.25) is 0 Å². The molecule has 0 radical (unpaired) electrons. The average Bonchev–Trinajstić information content (AvgIpc) is 3.30. The highest BCUT2D eigenvalue weighted by molar-refractivity contribution is 5.27. The third-order valence-corrected chi connectivity index (χ3v) is 4.14. The van der Waals surface area contributed by atoms with E-state index in [-0.39, 0.29) is 12.1 Å². The van der Waals surface area contributed by atoms with Crippen molar-refractivity contribution in [3.05, 3.63) is 29.8 Å². The van der Waals surface area contributed by atoms with E-state index in [4.69, 9.17) is 4.74 Å². The summed E-state index contributed by atoms with van der Waals surface area (Å²) in [5, 5.41) is 13.1. The molecule has 1 atom stereocenters. The van der Waals surface area contributed by atoms with E-state index in [0.29, 0.717) is 12.6 Å². The van der Waals surface area contributed by atoms with E-state index >= 15 is 0 Å². The number of ether oxygens (including phenoxy) is 1. The molecule has 1 fully saturated rings. The smallest absolute Gasteiger partial charge is 0.119 e. The summed E-state index contributed by atoms with van der Waals surface area (Å²) in [5.74, 6) is 0.918. The highest BCUT2D eigenvalue weighted by Crippen LogP contribution is 2.24. The van der Waals surface area contributed by atoms with Gasteiger partial charge in [-0.3, -0.25) is 0 Å². The molecule has 3 nitrogen and oxygen atoms in total. The summed E-state index contributed by atoms with van der Waals surface area (Å²) in [5.41, 5.74) is 1.15. The van der Waals surface area contributed by atoms with E-state index < -0.39 is 0 Å². The first-order valence-electron chi connectivity index (χ1n) is 8.25. The average molecular weight is 291 g/mol. The first kappa shape index (κ1) is 16.3. The van der Waals surface area contributed by atoms with Crippen molar-refractivity contribution in [3.63, 3.8) is 0 Å². The van der Waals surface area contributed by atoms with E-state index in [0.717, 1.165) is 18.6 Å². The molecule has 1 aromatic carbocycles. The minimum absolute atomic E-state index is 0.156. The molecule has 1 aliphatic carbocycles. The quantitative estimate of drug-likeness (QED) is 0.695. The summed E-state index contributed by atoms with van der Waals surface area (Å²) >= 11 is 0. The van der Waals surface area contributed by atoms with Crippen molar-refractivity contribution in [1.29, 1.82) is 0 Å². The molecular formula is C18H29NO2. The van der Waals surface area contributed by atoms with Crippen LogP contribution in [0.25, 0.3) is 0 Å². The molecule has 1 unspecified atom stereocenters. The van der Waals surface area contributed by atoms with Gasteiger partial charge in [0.15, 0.2) is 0 Å². The maximum atomic E-state index is 9.56. The second-order valence-electron chi connectivity index (χ2n) is 6.48. The monoisotopic (exact) mass is 291 g/mol. The normalized spacial score (nSPS) is 17.5. The minimum Gasteiger partial charge on any atom is -0.494 e. The number of hydrogen-bond donors (Lipinski definition) is 2. The van der Waals surface area contributed by atoms with Gasteiger partial charge in [0, 0.05) is 18.0 Å². The molecule has 118 valence electrons. The largest absolute Gasteiger partial charge is 0.494 e. The molecule has 2 N–H and O–H groups in total. The van der Waals surface area contributed by atoms with Crippen LogP contribution in [-0.2, 0) is 6.42 Å². The Morgan fingerprint density at radius 3 is 2.57 bits per heavy atom. The Balaban J connectivity index is 1.74.